The van der Waals surface area contributed by atoms with E-state index in [4.69, 9.17) is 0 Å². The van der Waals surface area contributed by atoms with Crippen LogP contribution < -0.4 is 21.3 Å². The van der Waals surface area contributed by atoms with E-state index in [2.05, 4.69) is 30.7 Å². The predicted molar refractivity (Wildman–Crippen MR) is 71.3 cm³/mol. The summed E-state index contributed by atoms with van der Waals surface area (Å²) in [5.74, 6) is -2.25. The highest BCUT2D eigenvalue weighted by Gasteiger charge is 2.41. The van der Waals surface area contributed by atoms with Crippen molar-refractivity contribution in [2.45, 2.75) is 5.91 Å². The Morgan fingerprint density at radius 3 is 2.19 bits per heavy atom. The minimum absolute atomic E-state index is 0.367. The monoisotopic (exact) mass is 294 g/mol. The standard InChI is InChI=1S/C12H14N4O5/c1-20-10(18)15-12(16-11(19)21-2)13-8-6-4-3-5-7(8)9(17)14-12/h3-6,13H,1-2H3,(H,14,17)(H,15,18)(H,16,19). The van der Waals surface area contributed by atoms with Gasteiger partial charge in [0.2, 0.25) is 0 Å². The topological polar surface area (TPSA) is 118 Å². The van der Waals surface area contributed by atoms with Crippen molar-refractivity contribution in [2.75, 3.05) is 19.5 Å². The summed E-state index contributed by atoms with van der Waals surface area (Å²) < 4.78 is 8.97. The second kappa shape index (κ2) is 5.57. The molecule has 4 N–H and O–H groups in total. The molecule has 1 aliphatic rings. The Labute approximate surface area is 120 Å². The summed E-state index contributed by atoms with van der Waals surface area (Å²) in [4.78, 5) is 35.0. The lowest BCUT2D eigenvalue weighted by atomic mass is 10.1. The van der Waals surface area contributed by atoms with E-state index in [9.17, 15) is 14.4 Å². The Hall–Kier alpha value is -2.97. The quantitative estimate of drug-likeness (QED) is 0.577. The predicted octanol–water partition coefficient (Wildman–Crippen LogP) is 0.165. The van der Waals surface area contributed by atoms with Crippen molar-refractivity contribution in [3.63, 3.8) is 0 Å². The average Bonchev–Trinajstić information content (AvgIpc) is 2.46. The Kier molecular flexibility index (Phi) is 3.83. The summed E-state index contributed by atoms with van der Waals surface area (Å²) in [6.07, 6.45) is -1.72. The molecule has 2 rings (SSSR count). The molecule has 0 radical (unpaired) electrons. The van der Waals surface area contributed by atoms with Gasteiger partial charge in [-0.25, -0.2) is 9.59 Å². The fourth-order valence-corrected chi connectivity index (χ4v) is 1.83. The molecule has 0 saturated heterocycles. The Balaban J connectivity index is 2.35. The van der Waals surface area contributed by atoms with Crippen LogP contribution in [0.2, 0.25) is 0 Å². The number of hydrogen-bond donors (Lipinski definition) is 4. The Bertz CT molecular complexity index is 571. The molecule has 0 bridgehead atoms. The van der Waals surface area contributed by atoms with E-state index < -0.39 is 24.0 Å². The highest BCUT2D eigenvalue weighted by Crippen LogP contribution is 2.22. The van der Waals surface area contributed by atoms with Gasteiger partial charge in [0.25, 0.3) is 11.8 Å². The third kappa shape index (κ3) is 2.96. The fraction of sp³-hybridized carbons (Fsp3) is 0.250. The number of benzene rings is 1. The third-order valence-corrected chi connectivity index (χ3v) is 2.74. The van der Waals surface area contributed by atoms with Crippen LogP contribution in [0.15, 0.2) is 24.3 Å². The zero-order valence-electron chi connectivity index (χ0n) is 11.4. The van der Waals surface area contributed by atoms with Crippen molar-refractivity contribution in [3.8, 4) is 0 Å². The number of nitrogens with one attached hydrogen (secondary N) is 4. The largest absolute Gasteiger partial charge is 0.453 e. The van der Waals surface area contributed by atoms with Gasteiger partial charge in [-0.05, 0) is 12.1 Å². The molecule has 3 amide bonds. The van der Waals surface area contributed by atoms with Gasteiger partial charge in [0.15, 0.2) is 0 Å². The van der Waals surface area contributed by atoms with Crippen molar-refractivity contribution < 1.29 is 23.9 Å². The maximum absolute atomic E-state index is 12.1. The molecule has 0 saturated carbocycles. The number of amides is 3. The van der Waals surface area contributed by atoms with Crippen molar-refractivity contribution in [2.24, 2.45) is 0 Å². The summed E-state index contributed by atoms with van der Waals surface area (Å²) in [5, 5.41) is 9.86. The number of ether oxygens (including phenoxy) is 2. The van der Waals surface area contributed by atoms with Crippen LogP contribution in [0, 0.1) is 0 Å². The zero-order chi connectivity index (χ0) is 15.5. The van der Waals surface area contributed by atoms with E-state index in [1.54, 1.807) is 24.3 Å². The molecule has 1 aromatic rings. The molecule has 9 nitrogen and oxygen atoms in total. The maximum atomic E-state index is 12.1. The molecule has 1 aromatic carbocycles. The minimum Gasteiger partial charge on any atom is -0.453 e. The van der Waals surface area contributed by atoms with E-state index in [1.807, 2.05) is 0 Å². The Morgan fingerprint density at radius 2 is 1.62 bits per heavy atom. The van der Waals surface area contributed by atoms with E-state index in [0.717, 1.165) is 14.2 Å². The van der Waals surface area contributed by atoms with Crippen LogP contribution >= 0.6 is 0 Å². The lowest BCUT2D eigenvalue weighted by Gasteiger charge is -2.39. The van der Waals surface area contributed by atoms with Crippen molar-refractivity contribution in [1.29, 1.82) is 0 Å². The molecule has 0 atom stereocenters. The van der Waals surface area contributed by atoms with Gasteiger partial charge in [0.05, 0.1) is 25.5 Å². The first-order valence-corrected chi connectivity index (χ1v) is 5.91. The van der Waals surface area contributed by atoms with Gasteiger partial charge < -0.3 is 14.8 Å². The summed E-state index contributed by atoms with van der Waals surface area (Å²) >= 11 is 0. The molecule has 1 aliphatic heterocycles. The van der Waals surface area contributed by atoms with Gasteiger partial charge in [0.1, 0.15) is 0 Å². The fourth-order valence-electron chi connectivity index (χ4n) is 1.83. The number of para-hydroxylation sites is 1. The van der Waals surface area contributed by atoms with Crippen LogP contribution in [0.25, 0.3) is 0 Å². The molecule has 0 spiro atoms. The third-order valence-electron chi connectivity index (χ3n) is 2.74. The van der Waals surface area contributed by atoms with Gasteiger partial charge in [-0.1, -0.05) is 12.1 Å². The summed E-state index contributed by atoms with van der Waals surface area (Å²) in [7, 11) is 2.31. The zero-order valence-corrected chi connectivity index (χ0v) is 11.4. The van der Waals surface area contributed by atoms with Crippen molar-refractivity contribution >= 4 is 23.8 Å². The van der Waals surface area contributed by atoms with Gasteiger partial charge in [-0.2, -0.15) is 0 Å². The smallest absolute Gasteiger partial charge is 0.411 e. The van der Waals surface area contributed by atoms with Gasteiger partial charge in [0, 0.05) is 0 Å². The first-order valence-electron chi connectivity index (χ1n) is 5.91. The molecule has 0 aliphatic carbocycles. The van der Waals surface area contributed by atoms with Crippen molar-refractivity contribution in [3.05, 3.63) is 29.8 Å². The lowest BCUT2D eigenvalue weighted by Crippen LogP contribution is -2.76. The van der Waals surface area contributed by atoms with Crippen LogP contribution in [-0.2, 0) is 9.47 Å². The summed E-state index contributed by atoms with van der Waals surface area (Å²) in [5.41, 5.74) is 0.792. The van der Waals surface area contributed by atoms with E-state index in [-0.39, 0.29) is 0 Å². The summed E-state index contributed by atoms with van der Waals surface area (Å²) in [6.45, 7) is 0. The number of alkyl carbamates (subject to hydrolysis) is 2. The van der Waals surface area contributed by atoms with Crippen LogP contribution in [0.3, 0.4) is 0 Å². The number of hydrogen-bond acceptors (Lipinski definition) is 6. The number of rotatable bonds is 2. The van der Waals surface area contributed by atoms with Crippen LogP contribution in [0.4, 0.5) is 15.3 Å². The molecular weight excluding hydrogens is 280 g/mol. The maximum Gasteiger partial charge on any atom is 0.411 e. The average molecular weight is 294 g/mol. The van der Waals surface area contributed by atoms with E-state index >= 15 is 0 Å². The number of methoxy groups -OCH3 is 2. The van der Waals surface area contributed by atoms with Gasteiger partial charge >= 0.3 is 12.2 Å². The molecular formula is C12H14N4O5. The highest BCUT2D eigenvalue weighted by molar-refractivity contribution is 6.02. The summed E-state index contributed by atoms with van der Waals surface area (Å²) in [6, 6.07) is 6.61. The number of carbonyl (C=O) groups excluding carboxylic acids is 3. The van der Waals surface area contributed by atoms with E-state index in [1.165, 1.54) is 0 Å². The molecule has 1 heterocycles. The van der Waals surface area contributed by atoms with E-state index in [0.29, 0.717) is 11.3 Å². The van der Waals surface area contributed by atoms with Crippen molar-refractivity contribution in [1.82, 2.24) is 16.0 Å². The molecule has 21 heavy (non-hydrogen) atoms. The molecule has 0 fully saturated rings. The first-order chi connectivity index (χ1) is 9.99. The number of anilines is 1. The molecule has 0 aromatic heterocycles. The van der Waals surface area contributed by atoms with Gasteiger partial charge in [-0.3, -0.25) is 20.7 Å². The second-order valence-electron chi connectivity index (χ2n) is 4.11. The Morgan fingerprint density at radius 1 is 1.05 bits per heavy atom. The number of carbonyl (C=O) groups is 3. The minimum atomic E-state index is -1.76. The van der Waals surface area contributed by atoms with Crippen LogP contribution in [-0.4, -0.2) is 38.2 Å². The highest BCUT2D eigenvalue weighted by atomic mass is 16.5. The SMILES string of the molecule is COC(=O)NC1(NC(=O)OC)NC(=O)c2ccccc2N1. The molecule has 9 heteroatoms. The number of fused-ring (bicyclic) bond motifs is 1. The van der Waals surface area contributed by atoms with Crippen LogP contribution in [0.5, 0.6) is 0 Å². The lowest BCUT2D eigenvalue weighted by molar-refractivity contribution is 0.0829. The van der Waals surface area contributed by atoms with Crippen LogP contribution in [0.1, 0.15) is 10.4 Å². The normalized spacial score (nSPS) is 14.9. The molecule has 112 valence electrons. The van der Waals surface area contributed by atoms with Gasteiger partial charge in [-0.15, -0.1) is 0 Å². The molecule has 0 unspecified atom stereocenters. The first kappa shape index (κ1) is 14.4. The second-order valence-corrected chi connectivity index (χ2v) is 4.11.